The average molecular weight is 309 g/mol. The van der Waals surface area contributed by atoms with E-state index >= 15 is 0 Å². The number of nitrogens with zero attached hydrogens (tertiary/aromatic N) is 1. The summed E-state index contributed by atoms with van der Waals surface area (Å²) in [5.41, 5.74) is 2.40. The van der Waals surface area contributed by atoms with Crippen LogP contribution in [0, 0.1) is 24.0 Å². The lowest BCUT2D eigenvalue weighted by Crippen LogP contribution is -2.23. The smallest absolute Gasteiger partial charge is 0.270 e. The summed E-state index contributed by atoms with van der Waals surface area (Å²) in [5.74, 6) is 0. The van der Waals surface area contributed by atoms with Crippen molar-refractivity contribution < 1.29 is 13.3 Å². The molecule has 0 saturated heterocycles. The van der Waals surface area contributed by atoms with Crippen LogP contribution in [0.15, 0.2) is 35.2 Å². The number of H-pyrrole nitrogens is 1. The van der Waals surface area contributed by atoms with Crippen LogP contribution in [-0.4, -0.2) is 18.3 Å². The van der Waals surface area contributed by atoms with E-state index in [0.29, 0.717) is 0 Å². The van der Waals surface area contributed by atoms with Gasteiger partial charge < -0.3 is 4.98 Å². The summed E-state index contributed by atoms with van der Waals surface area (Å²) in [5, 5.41) is 10.7. The third-order valence-corrected chi connectivity index (χ3v) is 4.45. The summed E-state index contributed by atoms with van der Waals surface area (Å²) >= 11 is 0. The molecule has 0 amide bonds. The third-order valence-electron chi connectivity index (χ3n) is 3.05. The maximum atomic E-state index is 12.2. The molecule has 0 unspecified atom stereocenters. The summed E-state index contributed by atoms with van der Waals surface area (Å²) in [6.45, 7) is 3.86. The number of nitro benzene ring substituents is 1. The normalized spacial score (nSPS) is 11.5. The second-order valence-electron chi connectivity index (χ2n) is 4.68. The summed E-state index contributed by atoms with van der Waals surface area (Å²) in [4.78, 5) is 13.0. The van der Waals surface area contributed by atoms with Crippen LogP contribution in [0.4, 0.5) is 5.69 Å². The number of nitro groups is 1. The number of aromatic nitrogens is 1. The van der Waals surface area contributed by atoms with E-state index in [0.717, 1.165) is 23.0 Å². The van der Waals surface area contributed by atoms with Crippen LogP contribution in [0.1, 0.15) is 17.0 Å². The van der Waals surface area contributed by atoms with E-state index in [4.69, 9.17) is 0 Å². The highest BCUT2D eigenvalue weighted by Crippen LogP contribution is 2.18. The standard InChI is InChI=1S/C13H15N3O4S/c1-9-6-11(10(2)15-9)8-14-21(19,20)13-5-3-4-12(7-13)16(17)18/h3-7,14-15H,8H2,1-2H3. The minimum absolute atomic E-state index is 0.124. The molecule has 0 spiro atoms. The van der Waals surface area contributed by atoms with Crippen LogP contribution in [-0.2, 0) is 16.6 Å². The Balaban J connectivity index is 2.20. The minimum atomic E-state index is -3.79. The molecular weight excluding hydrogens is 294 g/mol. The molecule has 2 aromatic rings. The molecule has 0 aliphatic rings. The zero-order valence-corrected chi connectivity index (χ0v) is 12.4. The Bertz CT molecular complexity index is 780. The van der Waals surface area contributed by atoms with Crippen molar-refractivity contribution in [2.75, 3.05) is 0 Å². The molecule has 2 rings (SSSR count). The van der Waals surface area contributed by atoms with Gasteiger partial charge >= 0.3 is 0 Å². The lowest BCUT2D eigenvalue weighted by atomic mass is 10.2. The summed E-state index contributed by atoms with van der Waals surface area (Å²) < 4.78 is 26.8. The highest BCUT2D eigenvalue weighted by atomic mass is 32.2. The van der Waals surface area contributed by atoms with E-state index in [2.05, 4.69) is 9.71 Å². The van der Waals surface area contributed by atoms with E-state index < -0.39 is 14.9 Å². The first kappa shape index (κ1) is 15.2. The fourth-order valence-corrected chi connectivity index (χ4v) is 3.03. The second kappa shape index (κ2) is 5.66. The number of non-ortho nitro benzene ring substituents is 1. The number of rotatable bonds is 5. The van der Waals surface area contributed by atoms with E-state index in [1.165, 1.54) is 18.2 Å². The monoisotopic (exact) mass is 309 g/mol. The number of nitrogens with one attached hydrogen (secondary N) is 2. The topological polar surface area (TPSA) is 105 Å². The van der Waals surface area contributed by atoms with Crippen molar-refractivity contribution in [1.29, 1.82) is 0 Å². The molecule has 0 bridgehead atoms. The van der Waals surface area contributed by atoms with E-state index in [1.807, 2.05) is 19.9 Å². The van der Waals surface area contributed by atoms with Gasteiger partial charge in [0.15, 0.2) is 0 Å². The molecule has 0 radical (unpaired) electrons. The first-order valence-electron chi connectivity index (χ1n) is 6.19. The van der Waals surface area contributed by atoms with Crippen molar-refractivity contribution in [2.45, 2.75) is 25.3 Å². The van der Waals surface area contributed by atoms with Crippen LogP contribution in [0.2, 0.25) is 0 Å². The molecule has 0 aliphatic heterocycles. The molecule has 1 aromatic carbocycles. The number of benzene rings is 1. The maximum Gasteiger partial charge on any atom is 0.270 e. The fraction of sp³-hybridized carbons (Fsp3) is 0.231. The number of hydrogen-bond donors (Lipinski definition) is 2. The maximum absolute atomic E-state index is 12.2. The summed E-state index contributed by atoms with van der Waals surface area (Å²) in [6.07, 6.45) is 0. The SMILES string of the molecule is Cc1cc(CNS(=O)(=O)c2cccc([N+](=O)[O-])c2)c(C)[nH]1. The lowest BCUT2D eigenvalue weighted by Gasteiger charge is -2.06. The van der Waals surface area contributed by atoms with Gasteiger partial charge in [0.1, 0.15) is 0 Å². The van der Waals surface area contributed by atoms with Crippen LogP contribution in [0.3, 0.4) is 0 Å². The zero-order chi connectivity index (χ0) is 15.6. The van der Waals surface area contributed by atoms with Gasteiger partial charge in [0.2, 0.25) is 10.0 Å². The predicted octanol–water partition coefficient (Wildman–Crippen LogP) is 2.02. The Kier molecular flexibility index (Phi) is 4.10. The Morgan fingerprint density at radius 3 is 2.57 bits per heavy atom. The summed E-state index contributed by atoms with van der Waals surface area (Å²) in [6, 6.07) is 6.81. The van der Waals surface area contributed by atoms with Crippen molar-refractivity contribution >= 4 is 15.7 Å². The van der Waals surface area contributed by atoms with Gasteiger partial charge in [-0.1, -0.05) is 6.07 Å². The van der Waals surface area contributed by atoms with Gasteiger partial charge in [-0.25, -0.2) is 13.1 Å². The lowest BCUT2D eigenvalue weighted by molar-refractivity contribution is -0.385. The molecule has 8 heteroatoms. The molecule has 0 aliphatic carbocycles. The van der Waals surface area contributed by atoms with E-state index in [1.54, 1.807) is 0 Å². The molecule has 0 saturated carbocycles. The van der Waals surface area contributed by atoms with Gasteiger partial charge in [0.05, 0.1) is 9.82 Å². The van der Waals surface area contributed by atoms with Gasteiger partial charge in [-0.3, -0.25) is 10.1 Å². The molecule has 21 heavy (non-hydrogen) atoms. The molecule has 112 valence electrons. The van der Waals surface area contributed by atoms with Crippen molar-refractivity contribution in [2.24, 2.45) is 0 Å². The van der Waals surface area contributed by atoms with Gasteiger partial charge in [-0.05, 0) is 31.5 Å². The highest BCUT2D eigenvalue weighted by molar-refractivity contribution is 7.89. The molecule has 1 heterocycles. The van der Waals surface area contributed by atoms with Crippen molar-refractivity contribution in [3.63, 3.8) is 0 Å². The van der Waals surface area contributed by atoms with Crippen LogP contribution in [0.25, 0.3) is 0 Å². The number of sulfonamides is 1. The quantitative estimate of drug-likeness (QED) is 0.651. The van der Waals surface area contributed by atoms with Crippen LogP contribution in [0.5, 0.6) is 0 Å². The van der Waals surface area contributed by atoms with Crippen molar-refractivity contribution in [3.8, 4) is 0 Å². The fourth-order valence-electron chi connectivity index (χ4n) is 1.99. The first-order valence-corrected chi connectivity index (χ1v) is 7.67. The second-order valence-corrected chi connectivity index (χ2v) is 6.45. The number of aryl methyl sites for hydroxylation is 2. The third kappa shape index (κ3) is 3.47. The first-order chi connectivity index (χ1) is 9.79. The molecular formula is C13H15N3O4S. The molecule has 0 atom stereocenters. The van der Waals surface area contributed by atoms with Gasteiger partial charge in [0, 0.05) is 30.1 Å². The highest BCUT2D eigenvalue weighted by Gasteiger charge is 2.17. The summed E-state index contributed by atoms with van der Waals surface area (Å²) in [7, 11) is -3.79. The largest absolute Gasteiger partial charge is 0.362 e. The van der Waals surface area contributed by atoms with Crippen LogP contribution < -0.4 is 4.72 Å². The molecule has 0 fully saturated rings. The Labute approximate surface area is 122 Å². The average Bonchev–Trinajstić information content (AvgIpc) is 2.75. The molecule has 7 nitrogen and oxygen atoms in total. The minimum Gasteiger partial charge on any atom is -0.362 e. The van der Waals surface area contributed by atoms with Crippen molar-refractivity contribution in [1.82, 2.24) is 9.71 Å². The molecule has 1 aromatic heterocycles. The van der Waals surface area contributed by atoms with Crippen molar-refractivity contribution in [3.05, 3.63) is 57.4 Å². The Hall–Kier alpha value is -2.19. The van der Waals surface area contributed by atoms with Gasteiger partial charge in [-0.2, -0.15) is 0 Å². The zero-order valence-electron chi connectivity index (χ0n) is 11.6. The number of aromatic amines is 1. The van der Waals surface area contributed by atoms with Gasteiger partial charge in [0.25, 0.3) is 5.69 Å². The van der Waals surface area contributed by atoms with Crippen LogP contribution >= 0.6 is 0 Å². The van der Waals surface area contributed by atoms with E-state index in [9.17, 15) is 18.5 Å². The number of hydrogen-bond acceptors (Lipinski definition) is 4. The predicted molar refractivity (Wildman–Crippen MR) is 77.4 cm³/mol. The Morgan fingerprint density at radius 1 is 1.29 bits per heavy atom. The molecule has 2 N–H and O–H groups in total. The Morgan fingerprint density at radius 2 is 2.00 bits per heavy atom. The van der Waals surface area contributed by atoms with Gasteiger partial charge in [-0.15, -0.1) is 0 Å². The van der Waals surface area contributed by atoms with E-state index in [-0.39, 0.29) is 17.1 Å².